The maximum Gasteiger partial charge on any atom is 0.412 e. The molecule has 1 saturated heterocycles. The molecule has 1 aliphatic rings. The molecule has 2 rings (SSSR count). The van der Waals surface area contributed by atoms with E-state index >= 15 is 0 Å². The summed E-state index contributed by atoms with van der Waals surface area (Å²) in [6.07, 6.45) is 0.140. The molecule has 0 saturated carbocycles. The Kier molecular flexibility index (Phi) is 3.41. The van der Waals surface area contributed by atoms with Gasteiger partial charge in [0.05, 0.1) is 6.54 Å². The number of nitrogens with zero attached hydrogens (tertiary/aromatic N) is 1. The fourth-order valence-corrected chi connectivity index (χ4v) is 1.77. The van der Waals surface area contributed by atoms with Gasteiger partial charge in [-0.15, -0.1) is 0 Å². The smallest absolute Gasteiger partial charge is 0.412 e. The second-order valence-electron chi connectivity index (χ2n) is 3.81. The third-order valence-electron chi connectivity index (χ3n) is 2.69. The minimum absolute atomic E-state index is 0.376. The van der Waals surface area contributed by atoms with Gasteiger partial charge in [-0.3, -0.25) is 4.90 Å². The zero-order valence-electron chi connectivity index (χ0n) is 9.00. The van der Waals surface area contributed by atoms with Crippen LogP contribution in [0.15, 0.2) is 30.3 Å². The Hall–Kier alpha value is -1.55. The Morgan fingerprint density at radius 2 is 2.12 bits per heavy atom. The number of amides is 1. The lowest BCUT2D eigenvalue weighted by Crippen LogP contribution is -2.36. The van der Waals surface area contributed by atoms with Crippen molar-refractivity contribution in [3.05, 3.63) is 35.9 Å². The third kappa shape index (κ3) is 2.52. The number of cyclic esters (lactones) is 1. The van der Waals surface area contributed by atoms with E-state index in [0.29, 0.717) is 19.6 Å². The van der Waals surface area contributed by atoms with Gasteiger partial charge in [-0.25, -0.2) is 4.79 Å². The van der Waals surface area contributed by atoms with Crippen LogP contribution in [0.3, 0.4) is 0 Å². The van der Waals surface area contributed by atoms with Crippen LogP contribution in [0.2, 0.25) is 0 Å². The zero-order valence-corrected chi connectivity index (χ0v) is 9.00. The van der Waals surface area contributed by atoms with Gasteiger partial charge in [-0.2, -0.15) is 0 Å². The van der Waals surface area contributed by atoms with E-state index in [9.17, 15) is 9.90 Å². The number of aryl methyl sites for hydroxylation is 1. The van der Waals surface area contributed by atoms with E-state index in [-0.39, 0.29) is 0 Å². The first kappa shape index (κ1) is 11.0. The highest BCUT2D eigenvalue weighted by Gasteiger charge is 2.27. The third-order valence-corrected chi connectivity index (χ3v) is 2.69. The zero-order chi connectivity index (χ0) is 11.4. The number of aliphatic hydroxyl groups excluding tert-OH is 1. The van der Waals surface area contributed by atoms with Crippen LogP contribution >= 0.6 is 0 Å². The molecule has 86 valence electrons. The molecule has 1 unspecified atom stereocenters. The largest absolute Gasteiger partial charge is 0.447 e. The van der Waals surface area contributed by atoms with E-state index in [1.165, 1.54) is 4.90 Å². The van der Waals surface area contributed by atoms with Gasteiger partial charge < -0.3 is 9.84 Å². The lowest BCUT2D eigenvalue weighted by molar-refractivity contribution is 0.0316. The average Bonchev–Trinajstić information content (AvgIpc) is 2.74. The number of ether oxygens (including phenoxy) is 1. The fourth-order valence-electron chi connectivity index (χ4n) is 1.77. The maximum absolute atomic E-state index is 11.2. The molecule has 0 radical (unpaired) electrons. The lowest BCUT2D eigenvalue weighted by atomic mass is 10.1. The molecule has 1 heterocycles. The van der Waals surface area contributed by atoms with Gasteiger partial charge >= 0.3 is 6.09 Å². The lowest BCUT2D eigenvalue weighted by Gasteiger charge is -2.19. The Bertz CT molecular complexity index is 353. The highest BCUT2D eigenvalue weighted by Crippen LogP contribution is 2.12. The summed E-state index contributed by atoms with van der Waals surface area (Å²) in [7, 11) is 0. The Morgan fingerprint density at radius 3 is 2.75 bits per heavy atom. The number of aliphatic hydroxyl groups is 1. The van der Waals surface area contributed by atoms with Crippen molar-refractivity contribution in [1.29, 1.82) is 0 Å². The van der Waals surface area contributed by atoms with Crippen molar-refractivity contribution in [1.82, 2.24) is 4.90 Å². The number of carbonyl (C=O) groups is 1. The minimum atomic E-state index is -0.741. The van der Waals surface area contributed by atoms with Crippen molar-refractivity contribution < 1.29 is 14.6 Å². The van der Waals surface area contributed by atoms with Crippen molar-refractivity contribution >= 4 is 6.09 Å². The first-order valence-corrected chi connectivity index (χ1v) is 5.43. The van der Waals surface area contributed by atoms with E-state index in [1.54, 1.807) is 0 Å². The summed E-state index contributed by atoms with van der Waals surface area (Å²) in [4.78, 5) is 12.5. The van der Waals surface area contributed by atoms with E-state index in [4.69, 9.17) is 4.74 Å². The second kappa shape index (κ2) is 4.99. The van der Waals surface area contributed by atoms with Gasteiger partial charge in [-0.05, 0) is 18.4 Å². The average molecular weight is 221 g/mol. The molecule has 0 bridgehead atoms. The molecule has 0 aromatic heterocycles. The van der Waals surface area contributed by atoms with Crippen molar-refractivity contribution in [3.8, 4) is 0 Å². The predicted octanol–water partition coefficient (Wildman–Crippen LogP) is 1.39. The second-order valence-corrected chi connectivity index (χ2v) is 3.81. The highest BCUT2D eigenvalue weighted by molar-refractivity contribution is 5.69. The molecule has 1 aliphatic heterocycles. The molecular formula is C12H15NO3. The number of hydrogen-bond donors (Lipinski definition) is 1. The molecule has 4 nitrogen and oxygen atoms in total. The molecule has 1 fully saturated rings. The monoisotopic (exact) mass is 221 g/mol. The Labute approximate surface area is 94.4 Å². The standard InChI is InChI=1S/C12H15NO3/c14-11(13-8-9-16-12(13)15)7-6-10-4-2-1-3-5-10/h1-5,11,14H,6-9H2. The molecule has 1 aromatic carbocycles. The van der Waals surface area contributed by atoms with Gasteiger partial charge in [0.2, 0.25) is 0 Å². The SMILES string of the molecule is O=C1OCCN1C(O)CCc1ccccc1. The van der Waals surface area contributed by atoms with Crippen LogP contribution in [0.25, 0.3) is 0 Å². The molecule has 0 spiro atoms. The Balaban J connectivity index is 1.84. The van der Waals surface area contributed by atoms with Crippen LogP contribution in [0.5, 0.6) is 0 Å². The van der Waals surface area contributed by atoms with Crippen LogP contribution in [-0.4, -0.2) is 35.5 Å². The first-order chi connectivity index (χ1) is 7.77. The molecule has 4 heteroatoms. The summed E-state index contributed by atoms with van der Waals surface area (Å²) in [6, 6.07) is 9.90. The van der Waals surface area contributed by atoms with E-state index < -0.39 is 12.3 Å². The van der Waals surface area contributed by atoms with Crippen LogP contribution in [-0.2, 0) is 11.2 Å². The van der Waals surface area contributed by atoms with Crippen molar-refractivity contribution in [3.63, 3.8) is 0 Å². The van der Waals surface area contributed by atoms with Crippen molar-refractivity contribution in [2.45, 2.75) is 19.1 Å². The normalized spacial score (nSPS) is 17.3. The Morgan fingerprint density at radius 1 is 1.38 bits per heavy atom. The van der Waals surface area contributed by atoms with Gasteiger partial charge in [0, 0.05) is 0 Å². The summed E-state index contributed by atoms with van der Waals surface area (Å²) in [5.74, 6) is 0. The summed E-state index contributed by atoms with van der Waals surface area (Å²) in [5, 5.41) is 9.81. The van der Waals surface area contributed by atoms with Gasteiger partial charge in [0.25, 0.3) is 0 Å². The first-order valence-electron chi connectivity index (χ1n) is 5.43. The fraction of sp³-hybridized carbons (Fsp3) is 0.417. The van der Waals surface area contributed by atoms with Crippen LogP contribution in [0.4, 0.5) is 4.79 Å². The van der Waals surface area contributed by atoms with E-state index in [1.807, 2.05) is 30.3 Å². The molecule has 1 N–H and O–H groups in total. The predicted molar refractivity (Wildman–Crippen MR) is 58.8 cm³/mol. The van der Waals surface area contributed by atoms with Crippen LogP contribution < -0.4 is 0 Å². The number of rotatable bonds is 4. The summed E-state index contributed by atoms with van der Waals surface area (Å²) in [5.41, 5.74) is 1.16. The number of benzene rings is 1. The summed E-state index contributed by atoms with van der Waals surface area (Å²) < 4.78 is 4.77. The highest BCUT2D eigenvalue weighted by atomic mass is 16.6. The topological polar surface area (TPSA) is 49.8 Å². The van der Waals surface area contributed by atoms with Gasteiger partial charge in [-0.1, -0.05) is 30.3 Å². The number of carbonyl (C=O) groups excluding carboxylic acids is 1. The summed E-state index contributed by atoms with van der Waals surface area (Å²) in [6.45, 7) is 0.857. The van der Waals surface area contributed by atoms with Gasteiger partial charge in [0.1, 0.15) is 12.8 Å². The molecule has 1 amide bonds. The summed E-state index contributed by atoms with van der Waals surface area (Å²) >= 11 is 0. The molecule has 16 heavy (non-hydrogen) atoms. The van der Waals surface area contributed by atoms with Crippen LogP contribution in [0, 0.1) is 0 Å². The van der Waals surface area contributed by atoms with E-state index in [0.717, 1.165) is 12.0 Å². The number of hydrogen-bond acceptors (Lipinski definition) is 3. The minimum Gasteiger partial charge on any atom is -0.447 e. The molecule has 1 aromatic rings. The van der Waals surface area contributed by atoms with Crippen LogP contribution in [0.1, 0.15) is 12.0 Å². The van der Waals surface area contributed by atoms with Crippen molar-refractivity contribution in [2.24, 2.45) is 0 Å². The molecular weight excluding hydrogens is 206 g/mol. The molecule has 1 atom stereocenters. The van der Waals surface area contributed by atoms with Crippen molar-refractivity contribution in [2.75, 3.05) is 13.2 Å². The maximum atomic E-state index is 11.2. The quantitative estimate of drug-likeness (QED) is 0.835. The molecule has 0 aliphatic carbocycles. The van der Waals surface area contributed by atoms with E-state index in [2.05, 4.69) is 0 Å². The van der Waals surface area contributed by atoms with Gasteiger partial charge in [0.15, 0.2) is 0 Å².